The average Bonchev–Trinajstić information content (AvgIpc) is 2.56. The van der Waals surface area contributed by atoms with E-state index in [2.05, 4.69) is 19.2 Å². The molecule has 7 heteroatoms. The van der Waals surface area contributed by atoms with Gasteiger partial charge in [-0.3, -0.25) is 19.7 Å². The van der Waals surface area contributed by atoms with Gasteiger partial charge in [-0.2, -0.15) is 0 Å². The van der Waals surface area contributed by atoms with Crippen LogP contribution < -0.4 is 10.1 Å². The van der Waals surface area contributed by atoms with Gasteiger partial charge in [0.15, 0.2) is 12.9 Å². The molecule has 1 aliphatic carbocycles. The molecule has 0 radical (unpaired) electrons. The third kappa shape index (κ3) is 4.31. The zero-order valence-corrected chi connectivity index (χ0v) is 13.9. The summed E-state index contributed by atoms with van der Waals surface area (Å²) >= 11 is 0. The number of carbonyl (C=O) groups is 2. The van der Waals surface area contributed by atoms with Gasteiger partial charge < -0.3 is 10.1 Å². The minimum Gasteiger partial charge on any atom is -0.483 e. The second kappa shape index (κ2) is 7.90. The van der Waals surface area contributed by atoms with Crippen LogP contribution >= 0.6 is 0 Å². The fraction of sp³-hybridized carbons (Fsp3) is 0.529. The Morgan fingerprint density at radius 2 is 2.17 bits per heavy atom. The highest BCUT2D eigenvalue weighted by Crippen LogP contribution is 2.29. The summed E-state index contributed by atoms with van der Waals surface area (Å²) in [5.74, 6) is 0.890. The predicted molar refractivity (Wildman–Crippen MR) is 88.1 cm³/mol. The van der Waals surface area contributed by atoms with Crippen molar-refractivity contribution in [3.05, 3.63) is 33.9 Å². The molecule has 3 atom stereocenters. The Labute approximate surface area is 140 Å². The second-order valence-corrected chi connectivity index (χ2v) is 6.33. The first kappa shape index (κ1) is 17.9. The van der Waals surface area contributed by atoms with E-state index in [4.69, 9.17) is 4.74 Å². The molecule has 130 valence electrons. The minimum atomic E-state index is -0.588. The number of amides is 1. The third-order valence-electron chi connectivity index (χ3n) is 4.74. The van der Waals surface area contributed by atoms with Crippen molar-refractivity contribution in [2.45, 2.75) is 39.2 Å². The lowest BCUT2D eigenvalue weighted by Crippen LogP contribution is -2.45. The molecule has 0 aliphatic heterocycles. The molecule has 7 nitrogen and oxygen atoms in total. The average molecular weight is 334 g/mol. The van der Waals surface area contributed by atoms with Gasteiger partial charge in [0.2, 0.25) is 0 Å². The minimum absolute atomic E-state index is 0.0525. The number of nitrogens with zero attached hydrogens (tertiary/aromatic N) is 1. The van der Waals surface area contributed by atoms with E-state index in [1.54, 1.807) is 0 Å². The Kier molecular flexibility index (Phi) is 5.89. The maximum absolute atomic E-state index is 12.1. The van der Waals surface area contributed by atoms with E-state index >= 15 is 0 Å². The van der Waals surface area contributed by atoms with Crippen molar-refractivity contribution in [2.24, 2.45) is 11.8 Å². The molecular weight excluding hydrogens is 312 g/mol. The van der Waals surface area contributed by atoms with Crippen molar-refractivity contribution in [3.8, 4) is 5.75 Å². The van der Waals surface area contributed by atoms with E-state index in [0.29, 0.717) is 18.1 Å². The molecule has 0 spiro atoms. The molecule has 1 aromatic rings. The van der Waals surface area contributed by atoms with Crippen LogP contribution in [0.3, 0.4) is 0 Å². The van der Waals surface area contributed by atoms with E-state index in [1.165, 1.54) is 18.6 Å². The maximum atomic E-state index is 12.1. The number of hydrogen-bond donors (Lipinski definition) is 1. The molecule has 2 rings (SSSR count). The van der Waals surface area contributed by atoms with E-state index in [1.807, 2.05) is 0 Å². The molecule has 1 fully saturated rings. The molecule has 0 saturated heterocycles. The van der Waals surface area contributed by atoms with E-state index in [0.717, 1.165) is 18.9 Å². The van der Waals surface area contributed by atoms with Crippen molar-refractivity contribution in [3.63, 3.8) is 0 Å². The molecule has 24 heavy (non-hydrogen) atoms. The van der Waals surface area contributed by atoms with Gasteiger partial charge in [-0.15, -0.1) is 0 Å². The van der Waals surface area contributed by atoms with E-state index in [9.17, 15) is 19.7 Å². The van der Waals surface area contributed by atoms with Gasteiger partial charge in [0, 0.05) is 18.2 Å². The van der Waals surface area contributed by atoms with Crippen molar-refractivity contribution < 1.29 is 19.2 Å². The molecule has 0 bridgehead atoms. The molecule has 1 aromatic carbocycles. The number of aldehydes is 1. The van der Waals surface area contributed by atoms with Gasteiger partial charge >= 0.3 is 0 Å². The summed E-state index contributed by atoms with van der Waals surface area (Å²) in [6.07, 6.45) is 3.70. The maximum Gasteiger partial charge on any atom is 0.270 e. The summed E-state index contributed by atoms with van der Waals surface area (Å²) in [7, 11) is 0. The quantitative estimate of drug-likeness (QED) is 0.490. The summed E-state index contributed by atoms with van der Waals surface area (Å²) in [6, 6.07) is 3.84. The van der Waals surface area contributed by atoms with Gasteiger partial charge in [0.05, 0.1) is 10.5 Å². The number of carbonyl (C=O) groups excluding carboxylic acids is 2. The van der Waals surface area contributed by atoms with Crippen LogP contribution in [0.1, 0.15) is 43.5 Å². The molecule has 0 aromatic heterocycles. The highest BCUT2D eigenvalue weighted by molar-refractivity contribution is 5.82. The van der Waals surface area contributed by atoms with E-state index < -0.39 is 4.92 Å². The van der Waals surface area contributed by atoms with Gasteiger partial charge in [0.25, 0.3) is 11.6 Å². The molecule has 1 N–H and O–H groups in total. The van der Waals surface area contributed by atoms with Crippen LogP contribution in [-0.2, 0) is 4.79 Å². The van der Waals surface area contributed by atoms with Gasteiger partial charge in [-0.05, 0) is 24.3 Å². The zero-order chi connectivity index (χ0) is 17.7. The lowest BCUT2D eigenvalue weighted by atomic mass is 9.78. The van der Waals surface area contributed by atoms with Gasteiger partial charge in [0.1, 0.15) is 5.75 Å². The number of benzene rings is 1. The van der Waals surface area contributed by atoms with Crippen LogP contribution in [0.2, 0.25) is 0 Å². The number of hydrogen-bond acceptors (Lipinski definition) is 5. The summed E-state index contributed by atoms with van der Waals surface area (Å²) in [5.41, 5.74) is -0.143. The summed E-state index contributed by atoms with van der Waals surface area (Å²) in [5, 5.41) is 13.7. The van der Waals surface area contributed by atoms with Crippen LogP contribution in [0, 0.1) is 22.0 Å². The van der Waals surface area contributed by atoms with Crippen molar-refractivity contribution in [1.82, 2.24) is 5.32 Å². The Morgan fingerprint density at radius 1 is 1.42 bits per heavy atom. The lowest BCUT2D eigenvalue weighted by molar-refractivity contribution is -0.384. The Balaban J connectivity index is 1.94. The molecule has 0 unspecified atom stereocenters. The number of rotatable bonds is 6. The van der Waals surface area contributed by atoms with Crippen molar-refractivity contribution in [2.75, 3.05) is 6.61 Å². The molecular formula is C17H22N2O5. The molecule has 1 amide bonds. The highest BCUT2D eigenvalue weighted by atomic mass is 16.6. The molecule has 1 aliphatic rings. The lowest BCUT2D eigenvalue weighted by Gasteiger charge is -2.34. The normalized spacial score (nSPS) is 23.3. The van der Waals surface area contributed by atoms with E-state index in [-0.39, 0.29) is 35.6 Å². The van der Waals surface area contributed by atoms with Crippen molar-refractivity contribution >= 4 is 17.9 Å². The SMILES string of the molecule is C[C@@H]1[C@@H](C)CCC[C@H]1NC(=O)COc1ccc([N+](=O)[O-])cc1C=O. The molecule has 0 heterocycles. The number of nitrogens with one attached hydrogen (secondary N) is 1. The molecule has 1 saturated carbocycles. The monoisotopic (exact) mass is 334 g/mol. The highest BCUT2D eigenvalue weighted by Gasteiger charge is 2.28. The number of nitro benzene ring substituents is 1. The largest absolute Gasteiger partial charge is 0.483 e. The summed E-state index contributed by atoms with van der Waals surface area (Å²) in [6.45, 7) is 4.10. The number of nitro groups is 1. The van der Waals surface area contributed by atoms with Crippen LogP contribution in [0.25, 0.3) is 0 Å². The van der Waals surface area contributed by atoms with Gasteiger partial charge in [-0.25, -0.2) is 0 Å². The van der Waals surface area contributed by atoms with Crippen LogP contribution in [0.5, 0.6) is 5.75 Å². The number of non-ortho nitro benzene ring substituents is 1. The van der Waals surface area contributed by atoms with Crippen LogP contribution in [0.15, 0.2) is 18.2 Å². The Bertz CT molecular complexity index is 631. The van der Waals surface area contributed by atoms with Crippen LogP contribution in [-0.4, -0.2) is 29.8 Å². The fourth-order valence-electron chi connectivity index (χ4n) is 3.05. The topological polar surface area (TPSA) is 98.5 Å². The first-order valence-electron chi connectivity index (χ1n) is 8.08. The smallest absolute Gasteiger partial charge is 0.270 e. The third-order valence-corrected chi connectivity index (χ3v) is 4.74. The van der Waals surface area contributed by atoms with Crippen molar-refractivity contribution in [1.29, 1.82) is 0 Å². The predicted octanol–water partition coefficient (Wildman–Crippen LogP) is 2.73. The van der Waals surface area contributed by atoms with Crippen LogP contribution in [0.4, 0.5) is 5.69 Å². The Hall–Kier alpha value is -2.44. The second-order valence-electron chi connectivity index (χ2n) is 6.33. The zero-order valence-electron chi connectivity index (χ0n) is 13.9. The summed E-state index contributed by atoms with van der Waals surface area (Å²) in [4.78, 5) is 33.2. The first-order valence-corrected chi connectivity index (χ1v) is 8.08. The summed E-state index contributed by atoms with van der Waals surface area (Å²) < 4.78 is 5.36. The first-order chi connectivity index (χ1) is 11.4. The number of ether oxygens (including phenoxy) is 1. The fourth-order valence-corrected chi connectivity index (χ4v) is 3.05. The standard InChI is InChI=1S/C17H22N2O5/c1-11-4-3-5-15(12(11)2)18-17(21)10-24-16-7-6-14(19(22)23)8-13(16)9-20/h6-9,11-12,15H,3-5,10H2,1-2H3,(H,18,21)/t11-,12+,15+/m0/s1. The Morgan fingerprint density at radius 3 is 2.83 bits per heavy atom. The van der Waals surface area contributed by atoms with Gasteiger partial charge in [-0.1, -0.05) is 26.7 Å².